The van der Waals surface area contributed by atoms with Gasteiger partial charge in [-0.15, -0.1) is 0 Å². The van der Waals surface area contributed by atoms with E-state index < -0.39 is 23.9 Å². The standard InChI is InChI=1S/C9H15NO6/c1-14-7(11)4-6(9(13)16-3)10-5-8(12)15-2/h6,10H,4-5H2,1-3H3/t6-/m1/s1. The summed E-state index contributed by atoms with van der Waals surface area (Å²) in [5.74, 6) is -1.76. The molecule has 0 aliphatic heterocycles. The molecule has 0 unspecified atom stereocenters. The summed E-state index contributed by atoms with van der Waals surface area (Å²) >= 11 is 0. The largest absolute Gasteiger partial charge is 0.469 e. The lowest BCUT2D eigenvalue weighted by Gasteiger charge is -2.14. The van der Waals surface area contributed by atoms with Gasteiger partial charge in [-0.1, -0.05) is 0 Å². The van der Waals surface area contributed by atoms with Crippen molar-refractivity contribution < 1.29 is 28.6 Å². The van der Waals surface area contributed by atoms with Crippen molar-refractivity contribution >= 4 is 17.9 Å². The lowest BCUT2D eigenvalue weighted by atomic mass is 10.2. The second-order valence-electron chi connectivity index (χ2n) is 2.81. The average Bonchev–Trinajstić information content (AvgIpc) is 2.32. The molecule has 0 spiro atoms. The number of methoxy groups -OCH3 is 3. The zero-order valence-electron chi connectivity index (χ0n) is 9.44. The molecule has 0 saturated heterocycles. The van der Waals surface area contributed by atoms with E-state index in [2.05, 4.69) is 19.5 Å². The van der Waals surface area contributed by atoms with E-state index in [4.69, 9.17) is 0 Å². The Morgan fingerprint density at radius 2 is 1.56 bits per heavy atom. The molecule has 7 heteroatoms. The van der Waals surface area contributed by atoms with Crippen LogP contribution >= 0.6 is 0 Å². The summed E-state index contributed by atoms with van der Waals surface area (Å²) in [7, 11) is 3.61. The van der Waals surface area contributed by atoms with Crippen LogP contribution < -0.4 is 5.32 Å². The minimum Gasteiger partial charge on any atom is -0.469 e. The zero-order valence-corrected chi connectivity index (χ0v) is 9.44. The van der Waals surface area contributed by atoms with E-state index in [0.717, 1.165) is 0 Å². The van der Waals surface area contributed by atoms with E-state index in [1.54, 1.807) is 0 Å². The summed E-state index contributed by atoms with van der Waals surface area (Å²) in [6.07, 6.45) is -0.208. The maximum absolute atomic E-state index is 11.2. The van der Waals surface area contributed by atoms with Gasteiger partial charge in [0.1, 0.15) is 6.04 Å². The Hall–Kier alpha value is -1.63. The van der Waals surface area contributed by atoms with Crippen LogP contribution in [0.2, 0.25) is 0 Å². The van der Waals surface area contributed by atoms with E-state index in [9.17, 15) is 14.4 Å². The van der Waals surface area contributed by atoms with Gasteiger partial charge in [-0.05, 0) is 0 Å². The van der Waals surface area contributed by atoms with Crippen LogP contribution in [0.1, 0.15) is 6.42 Å². The molecule has 0 aromatic heterocycles. The number of nitrogens with one attached hydrogen (secondary N) is 1. The molecule has 0 aliphatic carbocycles. The summed E-state index contributed by atoms with van der Waals surface area (Å²) in [4.78, 5) is 33.0. The maximum atomic E-state index is 11.2. The number of rotatable bonds is 6. The van der Waals surface area contributed by atoms with Crippen molar-refractivity contribution in [3.63, 3.8) is 0 Å². The predicted octanol–water partition coefficient (Wildman–Crippen LogP) is -1.15. The highest BCUT2D eigenvalue weighted by Gasteiger charge is 2.23. The Morgan fingerprint density at radius 1 is 1.00 bits per heavy atom. The minimum atomic E-state index is -0.920. The van der Waals surface area contributed by atoms with Gasteiger partial charge in [0.2, 0.25) is 0 Å². The van der Waals surface area contributed by atoms with Crippen LogP contribution in [0, 0.1) is 0 Å². The third kappa shape index (κ3) is 5.30. The highest BCUT2D eigenvalue weighted by Crippen LogP contribution is 1.97. The first-order chi connectivity index (χ1) is 7.54. The van der Waals surface area contributed by atoms with Crippen LogP contribution in [-0.2, 0) is 28.6 Å². The molecule has 16 heavy (non-hydrogen) atoms. The van der Waals surface area contributed by atoms with Crippen molar-refractivity contribution in [1.29, 1.82) is 0 Å². The van der Waals surface area contributed by atoms with Gasteiger partial charge in [-0.25, -0.2) is 0 Å². The Morgan fingerprint density at radius 3 is 2.00 bits per heavy atom. The highest BCUT2D eigenvalue weighted by molar-refractivity contribution is 5.83. The molecule has 92 valence electrons. The topological polar surface area (TPSA) is 90.9 Å². The molecular formula is C9H15NO6. The van der Waals surface area contributed by atoms with E-state index in [1.165, 1.54) is 21.3 Å². The van der Waals surface area contributed by atoms with Crippen molar-refractivity contribution in [3.05, 3.63) is 0 Å². The molecule has 0 aromatic rings. The van der Waals surface area contributed by atoms with Crippen LogP contribution in [0.5, 0.6) is 0 Å². The van der Waals surface area contributed by atoms with Crippen LogP contribution in [0.3, 0.4) is 0 Å². The fourth-order valence-electron chi connectivity index (χ4n) is 0.910. The van der Waals surface area contributed by atoms with Crippen molar-refractivity contribution in [2.24, 2.45) is 0 Å². The van der Waals surface area contributed by atoms with E-state index >= 15 is 0 Å². The van der Waals surface area contributed by atoms with Crippen molar-refractivity contribution in [2.75, 3.05) is 27.9 Å². The van der Waals surface area contributed by atoms with E-state index in [1.807, 2.05) is 0 Å². The molecule has 0 radical (unpaired) electrons. The fourth-order valence-corrected chi connectivity index (χ4v) is 0.910. The minimum absolute atomic E-state index is 0.187. The number of carbonyl (C=O) groups excluding carboxylic acids is 3. The van der Waals surface area contributed by atoms with Gasteiger partial charge in [0.05, 0.1) is 34.3 Å². The molecular weight excluding hydrogens is 218 g/mol. The van der Waals surface area contributed by atoms with Crippen LogP contribution in [-0.4, -0.2) is 51.8 Å². The summed E-state index contributed by atoms with van der Waals surface area (Å²) < 4.78 is 13.2. The van der Waals surface area contributed by atoms with Gasteiger partial charge in [0.15, 0.2) is 0 Å². The van der Waals surface area contributed by atoms with Gasteiger partial charge >= 0.3 is 17.9 Å². The summed E-state index contributed by atoms with van der Waals surface area (Å²) in [5.41, 5.74) is 0. The molecule has 1 atom stereocenters. The lowest BCUT2D eigenvalue weighted by molar-refractivity contribution is -0.150. The van der Waals surface area contributed by atoms with Gasteiger partial charge in [-0.3, -0.25) is 19.7 Å². The second kappa shape index (κ2) is 7.63. The van der Waals surface area contributed by atoms with Gasteiger partial charge < -0.3 is 14.2 Å². The third-order valence-corrected chi connectivity index (χ3v) is 1.80. The molecule has 0 aromatic carbocycles. The lowest BCUT2D eigenvalue weighted by Crippen LogP contribution is -2.42. The molecule has 7 nitrogen and oxygen atoms in total. The van der Waals surface area contributed by atoms with Crippen molar-refractivity contribution in [1.82, 2.24) is 5.32 Å². The van der Waals surface area contributed by atoms with Gasteiger partial charge in [0, 0.05) is 0 Å². The van der Waals surface area contributed by atoms with E-state index in [0.29, 0.717) is 0 Å². The van der Waals surface area contributed by atoms with Gasteiger partial charge in [0.25, 0.3) is 0 Å². The van der Waals surface area contributed by atoms with Gasteiger partial charge in [-0.2, -0.15) is 0 Å². The Kier molecular flexibility index (Phi) is 6.86. The number of carbonyl (C=O) groups is 3. The first-order valence-electron chi connectivity index (χ1n) is 4.50. The molecule has 0 aliphatic rings. The molecule has 1 N–H and O–H groups in total. The van der Waals surface area contributed by atoms with Crippen molar-refractivity contribution in [3.8, 4) is 0 Å². The summed E-state index contributed by atoms with van der Waals surface area (Å²) in [6.45, 7) is -0.187. The average molecular weight is 233 g/mol. The van der Waals surface area contributed by atoms with Crippen LogP contribution in [0.25, 0.3) is 0 Å². The quantitative estimate of drug-likeness (QED) is 0.457. The molecule has 0 rings (SSSR count). The maximum Gasteiger partial charge on any atom is 0.323 e. The number of ether oxygens (including phenoxy) is 3. The fraction of sp³-hybridized carbons (Fsp3) is 0.667. The molecule has 0 heterocycles. The highest BCUT2D eigenvalue weighted by atomic mass is 16.5. The first kappa shape index (κ1) is 14.4. The molecule has 0 amide bonds. The molecule has 0 fully saturated rings. The molecule has 0 saturated carbocycles. The second-order valence-corrected chi connectivity index (χ2v) is 2.81. The summed E-state index contributed by atoms with van der Waals surface area (Å²) in [5, 5.41) is 2.54. The molecule has 0 bridgehead atoms. The first-order valence-corrected chi connectivity index (χ1v) is 4.50. The van der Waals surface area contributed by atoms with Crippen LogP contribution in [0.15, 0.2) is 0 Å². The SMILES string of the molecule is COC(=O)CN[C@H](CC(=O)OC)C(=O)OC. The Bertz CT molecular complexity index is 265. The van der Waals surface area contributed by atoms with E-state index in [-0.39, 0.29) is 13.0 Å². The van der Waals surface area contributed by atoms with Crippen LogP contribution in [0.4, 0.5) is 0 Å². The summed E-state index contributed by atoms with van der Waals surface area (Å²) in [6, 6.07) is -0.920. The number of hydrogen-bond donors (Lipinski definition) is 1. The Balaban J connectivity index is 4.26. The predicted molar refractivity (Wildman–Crippen MR) is 52.5 cm³/mol. The number of hydrogen-bond acceptors (Lipinski definition) is 7. The normalized spacial score (nSPS) is 11.4. The third-order valence-electron chi connectivity index (χ3n) is 1.80. The Labute approximate surface area is 93.0 Å². The number of esters is 3. The van der Waals surface area contributed by atoms with Crippen molar-refractivity contribution in [2.45, 2.75) is 12.5 Å². The zero-order chi connectivity index (χ0) is 12.6. The monoisotopic (exact) mass is 233 g/mol. The smallest absolute Gasteiger partial charge is 0.323 e.